The van der Waals surface area contributed by atoms with Gasteiger partial charge in [-0.2, -0.15) is 0 Å². The maximum Gasteiger partial charge on any atom is 0.0543 e. The minimum Gasteiger partial charge on any atom is -0.384 e. The summed E-state index contributed by atoms with van der Waals surface area (Å²) in [4.78, 5) is 0. The second-order valence-corrected chi connectivity index (χ2v) is 4.63. The van der Waals surface area contributed by atoms with Gasteiger partial charge < -0.3 is 10.1 Å². The minimum absolute atomic E-state index is 0.414. The first-order valence-corrected chi connectivity index (χ1v) is 5.88. The number of likely N-dealkylation sites (N-methyl/N-ethyl adjacent to an activating group) is 1. The van der Waals surface area contributed by atoms with Crippen LogP contribution in [0.4, 0.5) is 0 Å². The van der Waals surface area contributed by atoms with Crippen LogP contribution in [0.5, 0.6) is 0 Å². The Kier molecular flexibility index (Phi) is 5.29. The van der Waals surface area contributed by atoms with E-state index in [0.717, 1.165) is 17.6 Å². The molecule has 0 aromatic heterocycles. The van der Waals surface area contributed by atoms with Crippen LogP contribution in [-0.2, 0) is 4.74 Å². The summed E-state index contributed by atoms with van der Waals surface area (Å²) in [6.07, 6.45) is 0. The molecule has 1 rings (SSSR count). The first kappa shape index (κ1) is 12.7. The quantitative estimate of drug-likeness (QED) is 0.889. The van der Waals surface area contributed by atoms with Crippen molar-refractivity contribution in [1.29, 1.82) is 0 Å². The number of nitrogens with one attached hydrogen (secondary N) is 1. The van der Waals surface area contributed by atoms with E-state index in [9.17, 15) is 0 Å². The number of rotatable bonds is 5. The van der Waals surface area contributed by atoms with Crippen LogP contribution in [-0.4, -0.2) is 27.3 Å². The van der Waals surface area contributed by atoms with E-state index in [1.807, 2.05) is 7.05 Å². The Balaban J connectivity index is 2.93. The summed E-state index contributed by atoms with van der Waals surface area (Å²) in [6.45, 7) is 3.82. The van der Waals surface area contributed by atoms with Crippen molar-refractivity contribution in [2.24, 2.45) is 0 Å². The van der Waals surface area contributed by atoms with Gasteiger partial charge in [0.1, 0.15) is 0 Å². The Morgan fingerprint density at radius 1 is 1.47 bits per heavy atom. The lowest BCUT2D eigenvalue weighted by atomic mass is 9.95. The van der Waals surface area contributed by atoms with Gasteiger partial charge in [-0.05, 0) is 37.2 Å². The largest absolute Gasteiger partial charge is 0.384 e. The lowest BCUT2D eigenvalue weighted by molar-refractivity contribution is 0.178. The molecular weight excluding hydrogens is 254 g/mol. The van der Waals surface area contributed by atoms with E-state index in [-0.39, 0.29) is 0 Å². The van der Waals surface area contributed by atoms with Crippen molar-refractivity contribution in [3.05, 3.63) is 33.8 Å². The zero-order valence-corrected chi connectivity index (χ0v) is 11.1. The van der Waals surface area contributed by atoms with E-state index < -0.39 is 0 Å². The van der Waals surface area contributed by atoms with Gasteiger partial charge in [-0.3, -0.25) is 0 Å². The molecule has 1 aromatic rings. The number of ether oxygens (including phenoxy) is 1. The molecule has 0 spiro atoms. The van der Waals surface area contributed by atoms with E-state index in [4.69, 9.17) is 4.74 Å². The third-order valence-electron chi connectivity index (χ3n) is 2.50. The molecule has 0 radical (unpaired) electrons. The molecule has 0 aliphatic carbocycles. The molecule has 0 saturated heterocycles. The van der Waals surface area contributed by atoms with Gasteiger partial charge in [-0.25, -0.2) is 0 Å². The fraction of sp³-hybridized carbons (Fsp3) is 0.500. The third kappa shape index (κ3) is 3.59. The predicted octanol–water partition coefficient (Wildman–Crippen LogP) is 2.71. The molecule has 1 atom stereocenters. The number of halogens is 1. The van der Waals surface area contributed by atoms with Gasteiger partial charge in [0, 0.05) is 24.0 Å². The summed E-state index contributed by atoms with van der Waals surface area (Å²) >= 11 is 3.51. The Labute approximate surface area is 100 Å². The number of methoxy groups -OCH3 is 1. The van der Waals surface area contributed by atoms with Crippen molar-refractivity contribution in [3.8, 4) is 0 Å². The normalized spacial score (nSPS) is 12.8. The van der Waals surface area contributed by atoms with Crippen molar-refractivity contribution in [2.75, 3.05) is 27.3 Å². The van der Waals surface area contributed by atoms with Crippen LogP contribution in [0.1, 0.15) is 17.0 Å². The van der Waals surface area contributed by atoms with Crippen LogP contribution < -0.4 is 5.32 Å². The molecule has 0 bridgehead atoms. The highest BCUT2D eigenvalue weighted by Gasteiger charge is 2.13. The van der Waals surface area contributed by atoms with E-state index >= 15 is 0 Å². The smallest absolute Gasteiger partial charge is 0.0543 e. The van der Waals surface area contributed by atoms with Crippen LogP contribution in [0.2, 0.25) is 0 Å². The molecule has 0 saturated carbocycles. The van der Waals surface area contributed by atoms with Crippen molar-refractivity contribution in [2.45, 2.75) is 12.8 Å². The standard InChI is InChI=1S/C12H18BrNO/c1-9-4-5-11(13)6-12(9)10(7-14-2)8-15-3/h4-6,10,14H,7-8H2,1-3H3. The average Bonchev–Trinajstić information content (AvgIpc) is 2.21. The second kappa shape index (κ2) is 6.26. The van der Waals surface area contributed by atoms with Crippen molar-refractivity contribution >= 4 is 15.9 Å². The molecule has 84 valence electrons. The van der Waals surface area contributed by atoms with Gasteiger partial charge >= 0.3 is 0 Å². The molecule has 3 heteroatoms. The van der Waals surface area contributed by atoms with Crippen LogP contribution in [0.25, 0.3) is 0 Å². The Bertz CT molecular complexity index is 308. The number of benzene rings is 1. The predicted molar refractivity (Wildman–Crippen MR) is 67.4 cm³/mol. The molecule has 1 unspecified atom stereocenters. The molecule has 2 nitrogen and oxygen atoms in total. The molecule has 0 aliphatic rings. The molecule has 0 fully saturated rings. The minimum atomic E-state index is 0.414. The second-order valence-electron chi connectivity index (χ2n) is 3.71. The molecule has 1 N–H and O–H groups in total. The Morgan fingerprint density at radius 2 is 2.20 bits per heavy atom. The fourth-order valence-electron chi connectivity index (χ4n) is 1.76. The maximum atomic E-state index is 5.25. The van der Waals surface area contributed by atoms with Crippen LogP contribution in [0.15, 0.2) is 22.7 Å². The lowest BCUT2D eigenvalue weighted by Crippen LogP contribution is -2.21. The molecule has 0 heterocycles. The highest BCUT2D eigenvalue weighted by molar-refractivity contribution is 9.10. The Morgan fingerprint density at radius 3 is 2.80 bits per heavy atom. The van der Waals surface area contributed by atoms with Gasteiger partial charge in [0.25, 0.3) is 0 Å². The van der Waals surface area contributed by atoms with Gasteiger partial charge in [0.05, 0.1) is 6.61 Å². The maximum absolute atomic E-state index is 5.25. The van der Waals surface area contributed by atoms with Crippen molar-refractivity contribution in [3.63, 3.8) is 0 Å². The Hall–Kier alpha value is -0.380. The van der Waals surface area contributed by atoms with Gasteiger partial charge in [-0.1, -0.05) is 22.0 Å². The lowest BCUT2D eigenvalue weighted by Gasteiger charge is -2.18. The van der Waals surface area contributed by atoms with Crippen LogP contribution >= 0.6 is 15.9 Å². The molecule has 0 aliphatic heterocycles. The van der Waals surface area contributed by atoms with E-state index in [1.165, 1.54) is 11.1 Å². The SMILES string of the molecule is CNCC(COC)c1cc(Br)ccc1C. The van der Waals surface area contributed by atoms with Crippen LogP contribution in [0, 0.1) is 6.92 Å². The molecule has 15 heavy (non-hydrogen) atoms. The summed E-state index contributed by atoms with van der Waals surface area (Å²) in [5.74, 6) is 0.414. The average molecular weight is 272 g/mol. The number of hydrogen-bond acceptors (Lipinski definition) is 2. The van der Waals surface area contributed by atoms with Crippen molar-refractivity contribution < 1.29 is 4.74 Å². The van der Waals surface area contributed by atoms with Crippen molar-refractivity contribution in [1.82, 2.24) is 5.32 Å². The van der Waals surface area contributed by atoms with Crippen LogP contribution in [0.3, 0.4) is 0 Å². The summed E-state index contributed by atoms with van der Waals surface area (Å²) < 4.78 is 6.38. The summed E-state index contributed by atoms with van der Waals surface area (Å²) in [5, 5.41) is 3.20. The highest BCUT2D eigenvalue weighted by Crippen LogP contribution is 2.23. The summed E-state index contributed by atoms with van der Waals surface area (Å²) in [7, 11) is 3.71. The molecular formula is C12H18BrNO. The third-order valence-corrected chi connectivity index (χ3v) is 2.99. The summed E-state index contributed by atoms with van der Waals surface area (Å²) in [6, 6.07) is 6.39. The first-order chi connectivity index (χ1) is 7.19. The topological polar surface area (TPSA) is 21.3 Å². The number of hydrogen-bond donors (Lipinski definition) is 1. The monoisotopic (exact) mass is 271 g/mol. The highest BCUT2D eigenvalue weighted by atomic mass is 79.9. The van der Waals surface area contributed by atoms with Gasteiger partial charge in [0.15, 0.2) is 0 Å². The molecule has 1 aromatic carbocycles. The van der Waals surface area contributed by atoms with E-state index in [1.54, 1.807) is 7.11 Å². The summed E-state index contributed by atoms with van der Waals surface area (Å²) in [5.41, 5.74) is 2.66. The zero-order chi connectivity index (χ0) is 11.3. The first-order valence-electron chi connectivity index (χ1n) is 5.08. The van der Waals surface area contributed by atoms with E-state index in [2.05, 4.69) is 46.4 Å². The fourth-order valence-corrected chi connectivity index (χ4v) is 2.14. The zero-order valence-electron chi connectivity index (χ0n) is 9.51. The van der Waals surface area contributed by atoms with E-state index in [0.29, 0.717) is 5.92 Å². The molecule has 0 amide bonds. The number of aryl methyl sites for hydroxylation is 1. The van der Waals surface area contributed by atoms with Gasteiger partial charge in [0.2, 0.25) is 0 Å². The van der Waals surface area contributed by atoms with Gasteiger partial charge in [-0.15, -0.1) is 0 Å².